The summed E-state index contributed by atoms with van der Waals surface area (Å²) >= 11 is -1.02. The van der Waals surface area contributed by atoms with E-state index in [1.54, 1.807) is 0 Å². The first-order chi connectivity index (χ1) is 4.09. The monoisotopic (exact) mass is 230 g/mol. The molecule has 0 aliphatic carbocycles. The third-order valence-electron chi connectivity index (χ3n) is 2.18. The second-order valence-electron chi connectivity index (χ2n) is 3.56. The van der Waals surface area contributed by atoms with Crippen LogP contribution in [0.25, 0.3) is 0 Å². The van der Waals surface area contributed by atoms with E-state index in [0.717, 1.165) is 7.35 Å². The van der Waals surface area contributed by atoms with Crippen molar-refractivity contribution >= 4 is 21.4 Å². The van der Waals surface area contributed by atoms with Gasteiger partial charge < -0.3 is 0 Å². The Balaban J connectivity index is 3.68. The molecule has 0 aromatic rings. The van der Waals surface area contributed by atoms with Crippen LogP contribution in [-0.2, 0) is 0 Å². The molecule has 0 N–H and O–H groups in total. The minimum atomic E-state index is -1.02. The van der Waals surface area contributed by atoms with Gasteiger partial charge in [-0.1, -0.05) is 0 Å². The molecule has 0 radical (unpaired) electrons. The molecule has 0 spiro atoms. The summed E-state index contributed by atoms with van der Waals surface area (Å²) in [7, 11) is 0. The summed E-state index contributed by atoms with van der Waals surface area (Å²) in [5, 5.41) is 0. The third kappa shape index (κ3) is 3.54. The zero-order valence-electron chi connectivity index (χ0n) is 7.44. The number of hydrogen-bond donors (Lipinski definition) is 0. The van der Waals surface area contributed by atoms with Gasteiger partial charge in [0.25, 0.3) is 0 Å². The van der Waals surface area contributed by atoms with Crippen LogP contribution in [0.15, 0.2) is 0 Å². The summed E-state index contributed by atoms with van der Waals surface area (Å²) < 4.78 is 3.67. The van der Waals surface area contributed by atoms with Crippen molar-refractivity contribution in [2.75, 3.05) is 0 Å². The molecule has 0 aliphatic rings. The molecule has 0 atom stereocenters. The maximum atomic E-state index is 2.41. The minimum absolute atomic E-state index is 1.02. The Morgan fingerprint density at radius 2 is 1.33 bits per heavy atom. The molecule has 54 valence electrons. The predicted molar refractivity (Wildman–Crippen MR) is 46.4 cm³/mol. The third-order valence-corrected chi connectivity index (χ3v) is 14.7. The average Bonchev–Trinajstić information content (AvgIpc) is 1.64. The van der Waals surface area contributed by atoms with Crippen molar-refractivity contribution in [3.63, 3.8) is 0 Å². The van der Waals surface area contributed by atoms with E-state index in [-0.39, 0.29) is 0 Å². The SMILES string of the molecule is C[CH2][In]([CH](C)C)[CH](C)C. The summed E-state index contributed by atoms with van der Waals surface area (Å²) in [4.78, 5) is 0. The van der Waals surface area contributed by atoms with Crippen LogP contribution >= 0.6 is 0 Å². The molecule has 0 heterocycles. The summed E-state index contributed by atoms with van der Waals surface area (Å²) in [5.41, 5.74) is 0. The van der Waals surface area contributed by atoms with Crippen molar-refractivity contribution in [3.8, 4) is 0 Å². The van der Waals surface area contributed by atoms with Gasteiger partial charge in [-0.3, -0.25) is 0 Å². The van der Waals surface area contributed by atoms with Crippen LogP contribution in [-0.4, -0.2) is 21.4 Å². The summed E-state index contributed by atoms with van der Waals surface area (Å²) in [5.74, 6) is 0. The van der Waals surface area contributed by atoms with Crippen LogP contribution in [0.5, 0.6) is 0 Å². The summed E-state index contributed by atoms with van der Waals surface area (Å²) in [6, 6.07) is 0. The molecular weight excluding hydrogens is 211 g/mol. The van der Waals surface area contributed by atoms with Gasteiger partial charge in [0.1, 0.15) is 0 Å². The fraction of sp³-hybridized carbons (Fsp3) is 1.00. The standard InChI is InChI=1S/2C3H7.C2H5.In/c2*1-3-2;1-2;/h2*3H,1-2H3;1H2,2H3;. The molecule has 0 rings (SSSR count). The quantitative estimate of drug-likeness (QED) is 0.697. The molecule has 0 unspecified atom stereocenters. The molecule has 0 bridgehead atoms. The van der Waals surface area contributed by atoms with Crippen LogP contribution < -0.4 is 0 Å². The maximum absolute atomic E-state index is 2.41. The Morgan fingerprint density at radius 1 is 1.00 bits per heavy atom. The molecule has 0 fully saturated rings. The van der Waals surface area contributed by atoms with E-state index in [0.29, 0.717) is 0 Å². The van der Waals surface area contributed by atoms with Crippen LogP contribution in [0.4, 0.5) is 0 Å². The average molecular weight is 230 g/mol. The zero-order valence-corrected chi connectivity index (χ0v) is 10.7. The van der Waals surface area contributed by atoms with Gasteiger partial charge >= 0.3 is 67.6 Å². The van der Waals surface area contributed by atoms with Gasteiger partial charge in [0.05, 0.1) is 0 Å². The Morgan fingerprint density at radius 3 is 1.33 bits per heavy atom. The molecule has 0 amide bonds. The first kappa shape index (κ1) is 9.87. The predicted octanol–water partition coefficient (Wildman–Crippen LogP) is 3.32. The molecular formula is C8H19In. The first-order valence-corrected chi connectivity index (χ1v) is 10.2. The Bertz CT molecular complexity index is 59.0. The molecule has 0 nitrogen and oxygen atoms in total. The topological polar surface area (TPSA) is 0 Å². The first-order valence-electron chi connectivity index (χ1n) is 4.09. The fourth-order valence-electron chi connectivity index (χ4n) is 1.71. The van der Waals surface area contributed by atoms with Crippen molar-refractivity contribution in [2.45, 2.75) is 46.1 Å². The fourth-order valence-corrected chi connectivity index (χ4v) is 11.5. The van der Waals surface area contributed by atoms with Crippen molar-refractivity contribution in [1.29, 1.82) is 0 Å². The van der Waals surface area contributed by atoms with E-state index in [1.807, 2.05) is 0 Å². The molecule has 0 aromatic carbocycles. The van der Waals surface area contributed by atoms with E-state index >= 15 is 0 Å². The Kier molecular flexibility index (Phi) is 5.10. The summed E-state index contributed by atoms with van der Waals surface area (Å²) in [6.07, 6.45) is 0. The Labute approximate surface area is 67.6 Å². The van der Waals surface area contributed by atoms with E-state index in [1.165, 1.54) is 4.18 Å². The molecule has 0 aromatic heterocycles. The van der Waals surface area contributed by atoms with Crippen molar-refractivity contribution in [1.82, 2.24) is 0 Å². The Hall–Kier alpha value is 0.870. The van der Waals surface area contributed by atoms with Gasteiger partial charge in [-0.15, -0.1) is 0 Å². The van der Waals surface area contributed by atoms with Gasteiger partial charge in [0, 0.05) is 0 Å². The normalized spacial score (nSPS) is 11.0. The molecule has 1 heteroatoms. The number of rotatable bonds is 3. The second kappa shape index (κ2) is 4.65. The van der Waals surface area contributed by atoms with Crippen LogP contribution in [0.3, 0.4) is 0 Å². The van der Waals surface area contributed by atoms with Crippen molar-refractivity contribution in [2.24, 2.45) is 0 Å². The van der Waals surface area contributed by atoms with Gasteiger partial charge in [-0.2, -0.15) is 0 Å². The van der Waals surface area contributed by atoms with E-state index < -0.39 is 21.4 Å². The van der Waals surface area contributed by atoms with Gasteiger partial charge in [0.2, 0.25) is 0 Å². The zero-order chi connectivity index (χ0) is 7.44. The summed E-state index contributed by atoms with van der Waals surface area (Å²) in [6.45, 7) is 12.0. The van der Waals surface area contributed by atoms with Gasteiger partial charge in [-0.25, -0.2) is 0 Å². The van der Waals surface area contributed by atoms with Gasteiger partial charge in [-0.05, 0) is 0 Å². The van der Waals surface area contributed by atoms with Gasteiger partial charge in [0.15, 0.2) is 0 Å². The van der Waals surface area contributed by atoms with Crippen LogP contribution in [0, 0.1) is 0 Å². The molecule has 9 heavy (non-hydrogen) atoms. The number of hydrogen-bond acceptors (Lipinski definition) is 0. The molecule has 0 saturated heterocycles. The molecule has 0 saturated carbocycles. The molecule has 0 aliphatic heterocycles. The van der Waals surface area contributed by atoms with Crippen molar-refractivity contribution < 1.29 is 0 Å². The van der Waals surface area contributed by atoms with E-state index in [9.17, 15) is 0 Å². The van der Waals surface area contributed by atoms with Crippen LogP contribution in [0.1, 0.15) is 34.6 Å². The van der Waals surface area contributed by atoms with E-state index in [4.69, 9.17) is 0 Å². The van der Waals surface area contributed by atoms with Crippen molar-refractivity contribution in [3.05, 3.63) is 0 Å². The second-order valence-corrected chi connectivity index (χ2v) is 17.3. The van der Waals surface area contributed by atoms with Crippen LogP contribution in [0.2, 0.25) is 11.5 Å². The van der Waals surface area contributed by atoms with E-state index in [2.05, 4.69) is 34.6 Å².